The topological polar surface area (TPSA) is 73.8 Å². The molecule has 158 valence electrons. The van der Waals surface area contributed by atoms with Crippen LogP contribution in [-0.4, -0.2) is 25.5 Å². The summed E-state index contributed by atoms with van der Waals surface area (Å²) in [7, 11) is 0. The maximum Gasteiger partial charge on any atom is 0.259 e. The lowest BCUT2D eigenvalue weighted by Crippen LogP contribution is -2.05. The first-order valence-electron chi connectivity index (χ1n) is 9.52. The highest BCUT2D eigenvalue weighted by Crippen LogP contribution is 2.34. The first-order chi connectivity index (χ1) is 15.5. The summed E-state index contributed by atoms with van der Waals surface area (Å²) in [6.45, 7) is 0.439. The average molecular weight is 484 g/mol. The third-order valence-corrected chi connectivity index (χ3v) is 5.86. The van der Waals surface area contributed by atoms with Crippen LogP contribution in [0.1, 0.15) is 21.7 Å². The Bertz CT molecular complexity index is 1440. The molecule has 0 saturated carbocycles. The fraction of sp³-hybridized carbons (Fsp3) is 0.0435. The molecule has 0 aliphatic heterocycles. The number of nitrogens with zero attached hydrogens (tertiary/aromatic N) is 4. The van der Waals surface area contributed by atoms with Gasteiger partial charge >= 0.3 is 0 Å². The van der Waals surface area contributed by atoms with Gasteiger partial charge in [0.15, 0.2) is 0 Å². The standard InChI is InChI=1S/C23H13Cl3N4O2/c24-15-5-3-13(4-6-15)12-30-18-8-7-16(25)10-17(18)19(21(30)26)20(31)22-28-23(32-29-22)14-2-1-9-27-11-14/h1-11H,12H2. The van der Waals surface area contributed by atoms with E-state index in [1.807, 2.05) is 22.8 Å². The van der Waals surface area contributed by atoms with Crippen molar-refractivity contribution in [2.75, 3.05) is 0 Å². The van der Waals surface area contributed by atoms with Gasteiger partial charge in [0.2, 0.25) is 11.6 Å². The minimum Gasteiger partial charge on any atom is -0.333 e. The number of hydrogen-bond acceptors (Lipinski definition) is 5. The second kappa shape index (κ2) is 8.39. The number of pyridine rings is 1. The molecule has 0 unspecified atom stereocenters. The molecule has 3 heterocycles. The molecular formula is C23H13Cl3N4O2. The second-order valence-electron chi connectivity index (χ2n) is 7.03. The minimum absolute atomic E-state index is 0.101. The Morgan fingerprint density at radius 2 is 1.78 bits per heavy atom. The molecule has 0 saturated heterocycles. The lowest BCUT2D eigenvalue weighted by atomic mass is 10.1. The molecule has 0 N–H and O–H groups in total. The Hall–Kier alpha value is -3.19. The second-order valence-corrected chi connectivity index (χ2v) is 8.26. The van der Waals surface area contributed by atoms with E-state index in [1.165, 1.54) is 0 Å². The van der Waals surface area contributed by atoms with Gasteiger partial charge in [-0.15, -0.1) is 0 Å². The Morgan fingerprint density at radius 3 is 2.53 bits per heavy atom. The Kier molecular flexibility index (Phi) is 5.43. The summed E-state index contributed by atoms with van der Waals surface area (Å²) < 4.78 is 7.11. The van der Waals surface area contributed by atoms with Gasteiger partial charge in [-0.3, -0.25) is 9.78 Å². The Morgan fingerprint density at radius 1 is 1.00 bits per heavy atom. The van der Waals surface area contributed by atoms with E-state index >= 15 is 0 Å². The largest absolute Gasteiger partial charge is 0.333 e. The van der Waals surface area contributed by atoms with Crippen LogP contribution in [0.2, 0.25) is 15.2 Å². The van der Waals surface area contributed by atoms with Gasteiger partial charge in [0, 0.05) is 34.4 Å². The summed E-state index contributed by atoms with van der Waals surface area (Å²) in [6, 6.07) is 16.2. The van der Waals surface area contributed by atoms with Crippen LogP contribution in [0.4, 0.5) is 0 Å². The van der Waals surface area contributed by atoms with E-state index in [2.05, 4.69) is 15.1 Å². The molecule has 0 aliphatic rings. The maximum absolute atomic E-state index is 13.4. The van der Waals surface area contributed by atoms with Crippen molar-refractivity contribution >= 4 is 51.5 Å². The highest BCUT2D eigenvalue weighted by molar-refractivity contribution is 6.37. The van der Waals surface area contributed by atoms with Gasteiger partial charge in [-0.2, -0.15) is 4.98 Å². The molecule has 5 rings (SSSR count). The van der Waals surface area contributed by atoms with Gasteiger partial charge in [-0.05, 0) is 48.0 Å². The lowest BCUT2D eigenvalue weighted by Gasteiger charge is -2.08. The number of carbonyl (C=O) groups excluding carboxylic acids is 1. The molecule has 32 heavy (non-hydrogen) atoms. The van der Waals surface area contributed by atoms with Crippen molar-refractivity contribution < 1.29 is 9.32 Å². The van der Waals surface area contributed by atoms with E-state index in [-0.39, 0.29) is 22.4 Å². The summed E-state index contributed by atoms with van der Waals surface area (Å²) in [5.74, 6) is -0.368. The van der Waals surface area contributed by atoms with Gasteiger partial charge in [-0.1, -0.05) is 52.1 Å². The Balaban J connectivity index is 1.60. The normalized spacial score (nSPS) is 11.2. The van der Waals surface area contributed by atoms with Crippen molar-refractivity contribution in [2.24, 2.45) is 0 Å². The van der Waals surface area contributed by atoms with Crippen molar-refractivity contribution in [3.05, 3.63) is 99.1 Å². The summed E-state index contributed by atoms with van der Waals surface area (Å²) in [6.07, 6.45) is 3.21. The van der Waals surface area contributed by atoms with E-state index in [1.54, 1.807) is 48.8 Å². The third-order valence-electron chi connectivity index (χ3n) is 4.98. The van der Waals surface area contributed by atoms with Crippen molar-refractivity contribution in [1.82, 2.24) is 19.7 Å². The summed E-state index contributed by atoms with van der Waals surface area (Å²) in [4.78, 5) is 21.7. The molecule has 2 aromatic carbocycles. The van der Waals surface area contributed by atoms with E-state index in [4.69, 9.17) is 39.3 Å². The fourth-order valence-corrected chi connectivity index (χ4v) is 4.11. The monoisotopic (exact) mass is 482 g/mol. The van der Waals surface area contributed by atoms with Crippen LogP contribution in [-0.2, 0) is 6.54 Å². The molecular weight excluding hydrogens is 471 g/mol. The Labute approximate surface area is 197 Å². The molecule has 0 bridgehead atoms. The van der Waals surface area contributed by atoms with Crippen molar-refractivity contribution in [3.8, 4) is 11.5 Å². The predicted molar refractivity (Wildman–Crippen MR) is 123 cm³/mol. The molecule has 6 nitrogen and oxygen atoms in total. The number of carbonyl (C=O) groups is 1. The number of benzene rings is 2. The van der Waals surface area contributed by atoms with Gasteiger partial charge in [0.1, 0.15) is 5.15 Å². The number of rotatable bonds is 5. The lowest BCUT2D eigenvalue weighted by molar-refractivity contribution is 0.102. The highest BCUT2D eigenvalue weighted by atomic mass is 35.5. The van der Waals surface area contributed by atoms with Crippen LogP contribution < -0.4 is 0 Å². The molecule has 0 aliphatic carbocycles. The molecule has 0 amide bonds. The first-order valence-corrected chi connectivity index (χ1v) is 10.6. The van der Waals surface area contributed by atoms with Crippen LogP contribution in [0.3, 0.4) is 0 Å². The van der Waals surface area contributed by atoms with Crippen LogP contribution in [0.5, 0.6) is 0 Å². The van der Waals surface area contributed by atoms with Crippen LogP contribution >= 0.6 is 34.8 Å². The molecule has 0 spiro atoms. The van der Waals surface area contributed by atoms with E-state index in [0.717, 1.165) is 11.1 Å². The quantitative estimate of drug-likeness (QED) is 0.273. The summed E-state index contributed by atoms with van der Waals surface area (Å²) in [5.41, 5.74) is 2.60. The van der Waals surface area contributed by atoms with Gasteiger partial charge in [0.25, 0.3) is 5.89 Å². The van der Waals surface area contributed by atoms with Crippen LogP contribution in [0.15, 0.2) is 71.5 Å². The third kappa shape index (κ3) is 3.77. The molecule has 5 aromatic rings. The smallest absolute Gasteiger partial charge is 0.259 e. The van der Waals surface area contributed by atoms with Gasteiger partial charge in [0.05, 0.1) is 16.6 Å². The van der Waals surface area contributed by atoms with E-state index < -0.39 is 5.78 Å². The van der Waals surface area contributed by atoms with Crippen molar-refractivity contribution in [1.29, 1.82) is 0 Å². The number of aromatic nitrogens is 4. The summed E-state index contributed by atoms with van der Waals surface area (Å²) in [5, 5.41) is 5.85. The molecule has 0 atom stereocenters. The number of halogens is 3. The zero-order valence-electron chi connectivity index (χ0n) is 16.3. The van der Waals surface area contributed by atoms with E-state index in [0.29, 0.717) is 27.5 Å². The number of ketones is 1. The van der Waals surface area contributed by atoms with Crippen LogP contribution in [0, 0.1) is 0 Å². The van der Waals surface area contributed by atoms with Crippen molar-refractivity contribution in [3.63, 3.8) is 0 Å². The van der Waals surface area contributed by atoms with Crippen molar-refractivity contribution in [2.45, 2.75) is 6.54 Å². The number of fused-ring (bicyclic) bond motifs is 1. The highest BCUT2D eigenvalue weighted by Gasteiger charge is 2.26. The maximum atomic E-state index is 13.4. The fourth-order valence-electron chi connectivity index (χ4n) is 3.47. The average Bonchev–Trinajstić information content (AvgIpc) is 3.39. The van der Waals surface area contributed by atoms with Crippen LogP contribution in [0.25, 0.3) is 22.4 Å². The van der Waals surface area contributed by atoms with Gasteiger partial charge < -0.3 is 9.09 Å². The predicted octanol–water partition coefficient (Wildman–Crippen LogP) is 6.33. The first kappa shape index (κ1) is 20.7. The molecule has 0 radical (unpaired) electrons. The number of hydrogen-bond donors (Lipinski definition) is 0. The van der Waals surface area contributed by atoms with E-state index in [9.17, 15) is 4.79 Å². The van der Waals surface area contributed by atoms with Gasteiger partial charge in [-0.25, -0.2) is 0 Å². The summed E-state index contributed by atoms with van der Waals surface area (Å²) >= 11 is 19.0. The minimum atomic E-state index is -0.462. The molecule has 9 heteroatoms. The zero-order valence-corrected chi connectivity index (χ0v) is 18.6. The SMILES string of the molecule is O=C(c1noc(-c2cccnc2)n1)c1c(Cl)n(Cc2ccc(Cl)cc2)c2ccc(Cl)cc12. The molecule has 3 aromatic heterocycles. The molecule has 0 fully saturated rings. The zero-order chi connectivity index (χ0) is 22.2.